The van der Waals surface area contributed by atoms with Crippen LogP contribution in [0.3, 0.4) is 0 Å². The Bertz CT molecular complexity index is 531. The van der Waals surface area contributed by atoms with Gasteiger partial charge in [-0.25, -0.2) is 0 Å². The first-order valence-electron chi connectivity index (χ1n) is 6.55. The maximum atomic E-state index is 12.5. The van der Waals surface area contributed by atoms with Crippen LogP contribution in [0.1, 0.15) is 43.6 Å². The fourth-order valence-electron chi connectivity index (χ4n) is 2.92. The number of amides is 1. The number of aromatic nitrogens is 1. The number of likely N-dealkylation sites (tertiary alicyclic amines) is 1. The monoisotopic (exact) mass is 246 g/mol. The summed E-state index contributed by atoms with van der Waals surface area (Å²) in [6.07, 6.45) is 5.01. The van der Waals surface area contributed by atoms with Crippen LogP contribution in [0.2, 0.25) is 0 Å². The van der Waals surface area contributed by atoms with E-state index in [2.05, 4.69) is 18.8 Å². The van der Waals surface area contributed by atoms with Crippen molar-refractivity contribution in [3.8, 4) is 0 Å². The average molecular weight is 246 g/mol. The molecule has 0 bridgehead atoms. The van der Waals surface area contributed by atoms with Gasteiger partial charge in [0.1, 0.15) is 5.69 Å². The predicted molar refractivity (Wildman–Crippen MR) is 69.5 cm³/mol. The highest BCUT2D eigenvalue weighted by Crippen LogP contribution is 2.25. The van der Waals surface area contributed by atoms with Gasteiger partial charge in [0, 0.05) is 24.2 Å². The second kappa shape index (κ2) is 4.19. The van der Waals surface area contributed by atoms with Crippen molar-refractivity contribution in [3.05, 3.63) is 24.1 Å². The third-order valence-electron chi connectivity index (χ3n) is 3.90. The Morgan fingerprint density at radius 2 is 2.11 bits per heavy atom. The molecule has 0 spiro atoms. The van der Waals surface area contributed by atoms with Gasteiger partial charge >= 0.3 is 0 Å². The molecule has 0 saturated carbocycles. The first-order valence-corrected chi connectivity index (χ1v) is 6.55. The lowest BCUT2D eigenvalue weighted by atomic mass is 9.97. The molecule has 3 rings (SSSR count). The number of rotatable bonds is 1. The summed E-state index contributed by atoms with van der Waals surface area (Å²) < 4.78 is 5.29. The lowest BCUT2D eigenvalue weighted by Gasteiger charge is -2.38. The van der Waals surface area contributed by atoms with Gasteiger partial charge in [0.2, 0.25) is 0 Å². The topological polar surface area (TPSA) is 49.2 Å². The molecule has 2 atom stereocenters. The second-order valence-corrected chi connectivity index (χ2v) is 5.22. The fourth-order valence-corrected chi connectivity index (χ4v) is 2.92. The van der Waals surface area contributed by atoms with Crippen LogP contribution in [0.15, 0.2) is 22.8 Å². The lowest BCUT2D eigenvalue weighted by molar-refractivity contribution is 0.0505. The van der Waals surface area contributed by atoms with Crippen molar-refractivity contribution in [2.24, 2.45) is 0 Å². The van der Waals surface area contributed by atoms with Crippen LogP contribution in [0.5, 0.6) is 0 Å². The Labute approximate surface area is 106 Å². The number of nitrogens with zero attached hydrogens (tertiary/aromatic N) is 1. The standard InChI is InChI=1S/C14H18N2O2/c1-9-4-3-5-10(2)16(9)14(17)12-8-13-11(15-12)6-7-18-13/h6-10,15H,3-5H2,1-2H3. The number of fused-ring (bicyclic) bond motifs is 1. The quantitative estimate of drug-likeness (QED) is 0.840. The van der Waals surface area contributed by atoms with E-state index in [1.54, 1.807) is 12.3 Å². The van der Waals surface area contributed by atoms with Crippen LogP contribution in [-0.4, -0.2) is 27.9 Å². The van der Waals surface area contributed by atoms with Crippen molar-refractivity contribution in [3.63, 3.8) is 0 Å². The Morgan fingerprint density at radius 1 is 1.39 bits per heavy atom. The number of aromatic amines is 1. The Balaban J connectivity index is 1.91. The van der Waals surface area contributed by atoms with Crippen molar-refractivity contribution < 1.29 is 9.21 Å². The molecule has 18 heavy (non-hydrogen) atoms. The fraction of sp³-hybridized carbons (Fsp3) is 0.500. The summed E-state index contributed by atoms with van der Waals surface area (Å²) in [4.78, 5) is 17.7. The lowest BCUT2D eigenvalue weighted by Crippen LogP contribution is -2.47. The van der Waals surface area contributed by atoms with E-state index in [4.69, 9.17) is 4.42 Å². The Morgan fingerprint density at radius 3 is 2.78 bits per heavy atom. The van der Waals surface area contributed by atoms with Gasteiger partial charge < -0.3 is 14.3 Å². The number of carbonyl (C=O) groups excluding carboxylic acids is 1. The molecule has 1 N–H and O–H groups in total. The largest absolute Gasteiger partial charge is 0.463 e. The maximum Gasteiger partial charge on any atom is 0.270 e. The summed E-state index contributed by atoms with van der Waals surface area (Å²) in [5.74, 6) is 0.0844. The molecule has 0 aromatic carbocycles. The van der Waals surface area contributed by atoms with Crippen LogP contribution < -0.4 is 0 Å². The zero-order valence-electron chi connectivity index (χ0n) is 10.8. The number of piperidine rings is 1. The van der Waals surface area contributed by atoms with Crippen LogP contribution in [-0.2, 0) is 0 Å². The number of H-pyrrole nitrogens is 1. The summed E-state index contributed by atoms with van der Waals surface area (Å²) in [6, 6.07) is 4.27. The van der Waals surface area contributed by atoms with E-state index in [1.807, 2.05) is 11.0 Å². The number of carbonyl (C=O) groups is 1. The van der Waals surface area contributed by atoms with Crippen molar-refractivity contribution in [1.29, 1.82) is 0 Å². The summed E-state index contributed by atoms with van der Waals surface area (Å²) in [5.41, 5.74) is 2.26. The molecule has 0 aliphatic carbocycles. The molecule has 2 aromatic heterocycles. The maximum absolute atomic E-state index is 12.5. The molecule has 2 unspecified atom stereocenters. The van der Waals surface area contributed by atoms with Crippen LogP contribution in [0.25, 0.3) is 11.1 Å². The molecule has 1 saturated heterocycles. The minimum atomic E-state index is 0.0844. The number of hydrogen-bond acceptors (Lipinski definition) is 2. The Hall–Kier alpha value is -1.71. The molecule has 4 heteroatoms. The first-order chi connectivity index (χ1) is 8.66. The van der Waals surface area contributed by atoms with Gasteiger partial charge in [0.15, 0.2) is 5.58 Å². The first kappa shape index (κ1) is 11.4. The van der Waals surface area contributed by atoms with Crippen LogP contribution >= 0.6 is 0 Å². The van der Waals surface area contributed by atoms with Crippen molar-refractivity contribution in [2.75, 3.05) is 0 Å². The van der Waals surface area contributed by atoms with Gasteiger partial charge in [-0.3, -0.25) is 4.79 Å². The zero-order chi connectivity index (χ0) is 12.7. The summed E-state index contributed by atoms with van der Waals surface area (Å²) >= 11 is 0. The molecular weight excluding hydrogens is 228 g/mol. The highest BCUT2D eigenvalue weighted by Gasteiger charge is 2.30. The number of hydrogen-bond donors (Lipinski definition) is 1. The second-order valence-electron chi connectivity index (χ2n) is 5.22. The minimum Gasteiger partial charge on any atom is -0.463 e. The number of furan rings is 1. The minimum absolute atomic E-state index is 0.0844. The van der Waals surface area contributed by atoms with Gasteiger partial charge in [0.05, 0.1) is 11.8 Å². The molecular formula is C14H18N2O2. The predicted octanol–water partition coefficient (Wildman–Crippen LogP) is 3.16. The van der Waals surface area contributed by atoms with E-state index in [0.29, 0.717) is 17.8 Å². The SMILES string of the molecule is CC1CCCC(C)N1C(=O)c1cc2occc2[nH]1. The van der Waals surface area contributed by atoms with E-state index in [0.717, 1.165) is 23.9 Å². The summed E-state index contributed by atoms with van der Waals surface area (Å²) in [6.45, 7) is 4.25. The van der Waals surface area contributed by atoms with Gasteiger partial charge in [-0.2, -0.15) is 0 Å². The van der Waals surface area contributed by atoms with Crippen LogP contribution in [0, 0.1) is 0 Å². The van der Waals surface area contributed by atoms with E-state index in [9.17, 15) is 4.79 Å². The smallest absolute Gasteiger partial charge is 0.270 e. The van der Waals surface area contributed by atoms with E-state index in [1.165, 1.54) is 6.42 Å². The van der Waals surface area contributed by atoms with Gasteiger partial charge in [-0.05, 0) is 33.1 Å². The van der Waals surface area contributed by atoms with Gasteiger partial charge in [-0.15, -0.1) is 0 Å². The Kier molecular flexibility index (Phi) is 2.65. The van der Waals surface area contributed by atoms with E-state index >= 15 is 0 Å². The highest BCUT2D eigenvalue weighted by atomic mass is 16.3. The van der Waals surface area contributed by atoms with Gasteiger partial charge in [0.25, 0.3) is 5.91 Å². The van der Waals surface area contributed by atoms with Gasteiger partial charge in [-0.1, -0.05) is 0 Å². The summed E-state index contributed by atoms with van der Waals surface area (Å²) in [7, 11) is 0. The number of nitrogens with one attached hydrogen (secondary N) is 1. The third kappa shape index (κ3) is 1.72. The zero-order valence-corrected chi connectivity index (χ0v) is 10.8. The van der Waals surface area contributed by atoms with E-state index in [-0.39, 0.29) is 5.91 Å². The molecule has 1 fully saturated rings. The average Bonchev–Trinajstić information content (AvgIpc) is 2.88. The molecule has 2 aromatic rings. The molecule has 1 aliphatic rings. The molecule has 0 radical (unpaired) electrons. The highest BCUT2D eigenvalue weighted by molar-refractivity contribution is 5.97. The molecule has 96 valence electrons. The molecule has 4 nitrogen and oxygen atoms in total. The van der Waals surface area contributed by atoms with Crippen molar-refractivity contribution in [1.82, 2.24) is 9.88 Å². The van der Waals surface area contributed by atoms with Crippen LogP contribution in [0.4, 0.5) is 0 Å². The third-order valence-corrected chi connectivity index (χ3v) is 3.90. The molecule has 1 aliphatic heterocycles. The molecule has 3 heterocycles. The summed E-state index contributed by atoms with van der Waals surface area (Å²) in [5, 5.41) is 0. The van der Waals surface area contributed by atoms with E-state index < -0.39 is 0 Å². The normalized spacial score (nSPS) is 24.7. The van der Waals surface area contributed by atoms with Crippen molar-refractivity contribution >= 4 is 17.0 Å². The van der Waals surface area contributed by atoms with Crippen molar-refractivity contribution in [2.45, 2.75) is 45.2 Å². The molecule has 1 amide bonds.